The lowest BCUT2D eigenvalue weighted by Gasteiger charge is -2.33. The molecule has 23 heteroatoms. The number of hydrogen-bond donors (Lipinski definition) is 10. The van der Waals surface area contributed by atoms with E-state index in [2.05, 4.69) is 6.92 Å². The summed E-state index contributed by atoms with van der Waals surface area (Å²) in [6, 6.07) is 34.9. The van der Waals surface area contributed by atoms with Crippen LogP contribution in [0.3, 0.4) is 0 Å². The maximum atomic E-state index is 11.7. The van der Waals surface area contributed by atoms with Gasteiger partial charge in [-0.25, -0.2) is 0 Å². The van der Waals surface area contributed by atoms with E-state index < -0.39 is 30.1 Å². The summed E-state index contributed by atoms with van der Waals surface area (Å²) >= 11 is 0. The van der Waals surface area contributed by atoms with Gasteiger partial charge in [-0.15, -0.1) is 0 Å². The van der Waals surface area contributed by atoms with Gasteiger partial charge in [0.1, 0.15) is 11.5 Å². The number of methoxy groups -OCH3 is 2. The van der Waals surface area contributed by atoms with E-state index in [9.17, 15) is 69.3 Å². The summed E-state index contributed by atoms with van der Waals surface area (Å²) in [5.41, 5.74) is 4.23. The van der Waals surface area contributed by atoms with Gasteiger partial charge in [0.2, 0.25) is 0 Å². The van der Waals surface area contributed by atoms with Crippen LogP contribution in [0, 0.1) is 71.0 Å². The van der Waals surface area contributed by atoms with Gasteiger partial charge in [0.05, 0.1) is 83.4 Å². The van der Waals surface area contributed by atoms with Gasteiger partial charge in [0.15, 0.2) is 0 Å². The first-order valence-electron chi connectivity index (χ1n) is 50.2. The van der Waals surface area contributed by atoms with Crippen LogP contribution >= 0.6 is 0 Å². The number of carboxylic acids is 3. The first-order valence-corrected chi connectivity index (χ1v) is 50.2. The molecule has 23 nitrogen and oxygen atoms in total. The average molecular weight is 1820 g/mol. The lowest BCUT2D eigenvalue weighted by molar-refractivity contribution is -0.145. The zero-order valence-corrected chi connectivity index (χ0v) is 79.5. The second-order valence-electron chi connectivity index (χ2n) is 38.2. The fourth-order valence-electron chi connectivity index (χ4n) is 23.3. The summed E-state index contributed by atoms with van der Waals surface area (Å²) < 4.78 is 30.4. The summed E-state index contributed by atoms with van der Waals surface area (Å²) in [5, 5.41) is 97.3. The Labute approximate surface area is 776 Å². The number of rotatable bonds is 37. The van der Waals surface area contributed by atoms with Crippen molar-refractivity contribution in [3.63, 3.8) is 0 Å². The van der Waals surface area contributed by atoms with E-state index in [4.69, 9.17) is 43.7 Å². The number of carboxylic acid groups (broad SMARTS) is 3. The van der Waals surface area contributed by atoms with E-state index in [1.54, 1.807) is 14.2 Å². The minimum absolute atomic E-state index is 0.00492. The van der Waals surface area contributed by atoms with E-state index in [-0.39, 0.29) is 133 Å². The summed E-state index contributed by atoms with van der Waals surface area (Å²) in [4.78, 5) is 79.0. The number of unbranched alkanes of at least 4 members (excludes halogenated alkanes) is 9. The summed E-state index contributed by atoms with van der Waals surface area (Å²) in [7, 11) is 3.23. The molecular formula is C107H164O23. The number of esters is 4. The standard InChI is InChI=1S/C21H40O3.C16H22O4.C15H26O3.C15H20O3.C14H18O4.C13H22O3.C13H16O3/c1-3-5-6-7-8-9-10-11-12-13-14-19-18(15-16-20(19)22)17-21(23)24-4-2;1-3-20-15(18)10-12-6-9-14(17)16(12)11-4-7-13(19-2)8-5-11;2*1-2-18-14(17)10-12-8-9-13(16)15(12)11-6-4-3-5-7-11;1-18-11-5-2-9(3-6-11)14-10(8-13(16)17)4-7-12(14)15;2*14-11-7-6-10(8-12(15)16)13(11)9-4-2-1-3-5-9/h18-20,22H,3-17H2,1-2H3;4-5,7-8,12,14,16-17H,3,6,9-10H2,1-2H3;11-13,15-16H,2-10H2,1H3;3-7,12-13,15-16H,2,8-10H2,1H3;2-3,5-6,10,12,14-15H,4,7-8H2,1H3,(H,16,17);9-11,13-14H,1-8H2,(H,15,16);1-5,10-11,13-14H,6-8H2,(H,15,16). The second-order valence-corrected chi connectivity index (χ2v) is 38.2. The SMILES string of the molecule is CCCCCCCCCCCCC1C(O)CCC1CC(=O)OCC.CCOC(=O)CC1CCC(O)C1C1CCCCC1.CCOC(=O)CC1CCC(O)C1c1ccc(OC)cc1.CCOC(=O)CC1CCC(O)C1c1ccccc1.COc1ccc(C2C(O)CCC2CC(=O)O)cc1.O=C(O)CC1CCC(O)C1C1CCCCC1.O=C(O)CC1CCC(O)C1c1ccccc1. The van der Waals surface area contributed by atoms with Crippen LogP contribution in [0.15, 0.2) is 109 Å². The van der Waals surface area contributed by atoms with Crippen LogP contribution in [0.4, 0.5) is 0 Å². The predicted molar refractivity (Wildman–Crippen MR) is 503 cm³/mol. The molecule has 0 amide bonds. The molecule has 10 N–H and O–H groups in total. The van der Waals surface area contributed by atoms with Crippen molar-refractivity contribution in [1.29, 1.82) is 0 Å². The van der Waals surface area contributed by atoms with Gasteiger partial charge in [-0.05, 0) is 242 Å². The van der Waals surface area contributed by atoms with Crippen molar-refractivity contribution in [2.45, 2.75) is 371 Å². The average Bonchev–Trinajstić information content (AvgIpc) is 1.77. The normalized spacial score (nSPS) is 28.5. The van der Waals surface area contributed by atoms with Crippen LogP contribution < -0.4 is 9.47 Å². The molecule has 9 saturated carbocycles. The Hall–Kier alpha value is -7.51. The molecule has 13 rings (SSSR count). The molecule has 21 unspecified atom stereocenters. The third kappa shape index (κ3) is 37.0. The Morgan fingerprint density at radius 2 is 0.538 bits per heavy atom. The minimum atomic E-state index is -0.799. The van der Waals surface area contributed by atoms with Gasteiger partial charge in [-0.1, -0.05) is 220 Å². The summed E-state index contributed by atoms with van der Waals surface area (Å²) in [5.74, 6) is 2.20. The third-order valence-electron chi connectivity index (χ3n) is 29.5. The van der Waals surface area contributed by atoms with Crippen LogP contribution in [0.25, 0.3) is 0 Å². The summed E-state index contributed by atoms with van der Waals surface area (Å²) in [6.45, 7) is 11.3. The second kappa shape index (κ2) is 60.7. The third-order valence-corrected chi connectivity index (χ3v) is 29.5. The van der Waals surface area contributed by atoms with Gasteiger partial charge in [0, 0.05) is 68.6 Å². The van der Waals surface area contributed by atoms with Gasteiger partial charge >= 0.3 is 41.8 Å². The zero-order valence-electron chi connectivity index (χ0n) is 79.5. The zero-order chi connectivity index (χ0) is 94.3. The molecule has 9 fully saturated rings. The Bertz CT molecular complexity index is 3790. The molecule has 0 aromatic heterocycles. The van der Waals surface area contributed by atoms with Crippen molar-refractivity contribution in [2.24, 2.45) is 71.0 Å². The number of carbonyl (C=O) groups excluding carboxylic acids is 4. The molecule has 21 atom stereocenters. The van der Waals surface area contributed by atoms with E-state index in [0.29, 0.717) is 100 Å². The van der Waals surface area contributed by atoms with Crippen LogP contribution in [-0.4, -0.2) is 176 Å². The van der Waals surface area contributed by atoms with Crippen molar-refractivity contribution >= 4 is 41.8 Å². The monoisotopic (exact) mass is 1820 g/mol. The lowest BCUT2D eigenvalue weighted by Crippen LogP contribution is -2.30. The largest absolute Gasteiger partial charge is 0.497 e. The minimum Gasteiger partial charge on any atom is -0.497 e. The van der Waals surface area contributed by atoms with Gasteiger partial charge in [0.25, 0.3) is 0 Å². The number of benzene rings is 4. The van der Waals surface area contributed by atoms with Crippen molar-refractivity contribution < 1.29 is 113 Å². The molecule has 130 heavy (non-hydrogen) atoms. The summed E-state index contributed by atoms with van der Waals surface area (Å²) in [6.07, 6.45) is 38.8. The molecule has 0 spiro atoms. The molecule has 0 bridgehead atoms. The molecule has 0 heterocycles. The highest BCUT2D eigenvalue weighted by atomic mass is 16.5. The van der Waals surface area contributed by atoms with Crippen molar-refractivity contribution in [3.05, 3.63) is 131 Å². The van der Waals surface area contributed by atoms with Crippen LogP contribution in [0.1, 0.15) is 350 Å². The first-order chi connectivity index (χ1) is 62.8. The van der Waals surface area contributed by atoms with E-state index in [0.717, 1.165) is 117 Å². The van der Waals surface area contributed by atoms with Crippen LogP contribution in [0.5, 0.6) is 11.5 Å². The smallest absolute Gasteiger partial charge is 0.306 e. The van der Waals surface area contributed by atoms with Crippen LogP contribution in [-0.2, 0) is 52.5 Å². The Morgan fingerprint density at radius 3 is 0.862 bits per heavy atom. The maximum absolute atomic E-state index is 11.7. The van der Waals surface area contributed by atoms with Gasteiger partial charge in [-0.2, -0.15) is 0 Å². The maximum Gasteiger partial charge on any atom is 0.306 e. The molecule has 0 saturated heterocycles. The molecule has 4 aromatic carbocycles. The highest BCUT2D eigenvalue weighted by Crippen LogP contribution is 2.50. The fraction of sp³-hybridized carbons (Fsp3) is 0.710. The number of aliphatic hydroxyl groups excluding tert-OH is 7. The molecular weight excluding hydrogens is 1650 g/mol. The van der Waals surface area contributed by atoms with Gasteiger partial charge in [-0.3, -0.25) is 33.6 Å². The molecule has 9 aliphatic carbocycles. The molecule has 0 radical (unpaired) electrons. The molecule has 9 aliphatic rings. The van der Waals surface area contributed by atoms with Crippen molar-refractivity contribution in [2.75, 3.05) is 40.6 Å². The molecule has 730 valence electrons. The quantitative estimate of drug-likeness (QED) is 0.0114. The van der Waals surface area contributed by atoms with Crippen LogP contribution in [0.2, 0.25) is 0 Å². The Balaban J connectivity index is 0.000000208. The Kier molecular flexibility index (Phi) is 51.1. The Morgan fingerprint density at radius 1 is 0.277 bits per heavy atom. The van der Waals surface area contributed by atoms with E-state index >= 15 is 0 Å². The highest BCUT2D eigenvalue weighted by Gasteiger charge is 2.45. The predicted octanol–water partition coefficient (Wildman–Crippen LogP) is 20.0. The number of ether oxygens (including phenoxy) is 6. The lowest BCUT2D eigenvalue weighted by atomic mass is 9.74. The van der Waals surface area contributed by atoms with Gasteiger partial charge < -0.3 is 79.5 Å². The number of hydrogen-bond acceptors (Lipinski definition) is 20. The molecule has 4 aromatic rings. The number of aliphatic carboxylic acids is 3. The number of aliphatic hydroxyl groups is 7. The molecule has 0 aliphatic heterocycles. The van der Waals surface area contributed by atoms with E-state index in [1.807, 2.05) is 137 Å². The van der Waals surface area contributed by atoms with Crippen molar-refractivity contribution in [1.82, 2.24) is 0 Å². The highest BCUT2D eigenvalue weighted by molar-refractivity contribution is 5.72. The topological polar surface area (TPSA) is 377 Å². The first kappa shape index (κ1) is 110. The fourth-order valence-corrected chi connectivity index (χ4v) is 23.3. The number of carbonyl (C=O) groups is 7. The van der Waals surface area contributed by atoms with Crippen molar-refractivity contribution in [3.8, 4) is 11.5 Å². The van der Waals surface area contributed by atoms with E-state index in [1.165, 1.54) is 128 Å².